The molecule has 8 heteroatoms. The minimum atomic E-state index is -0.169. The monoisotopic (exact) mass is 362 g/mol. The van der Waals surface area contributed by atoms with E-state index in [1.54, 1.807) is 11.3 Å². The molecule has 25 heavy (non-hydrogen) atoms. The normalized spacial score (nSPS) is 18.0. The van der Waals surface area contributed by atoms with Gasteiger partial charge >= 0.3 is 0 Å². The highest BCUT2D eigenvalue weighted by Gasteiger charge is 2.31. The van der Waals surface area contributed by atoms with Crippen LogP contribution in [0, 0.1) is 6.92 Å². The summed E-state index contributed by atoms with van der Waals surface area (Å²) in [4.78, 5) is 13.0. The molecule has 7 nitrogen and oxygen atoms in total. The first-order valence-electron chi connectivity index (χ1n) is 8.60. The highest BCUT2D eigenvalue weighted by atomic mass is 32.1. The Morgan fingerprint density at radius 1 is 1.36 bits per heavy atom. The highest BCUT2D eigenvalue weighted by Crippen LogP contribution is 2.39. The summed E-state index contributed by atoms with van der Waals surface area (Å²) in [6, 6.07) is 0. The molecule has 134 valence electrons. The predicted octanol–water partition coefficient (Wildman–Crippen LogP) is 0.506. The first-order chi connectivity index (χ1) is 11.9. The van der Waals surface area contributed by atoms with E-state index in [-0.39, 0.29) is 12.2 Å². The molecule has 0 saturated heterocycles. The molecule has 1 unspecified atom stereocenters. The maximum atomic E-state index is 9.11. The molecule has 1 atom stereocenters. The lowest BCUT2D eigenvalue weighted by molar-refractivity contribution is -0.894. The van der Waals surface area contributed by atoms with Crippen LogP contribution in [0.5, 0.6) is 0 Å². The summed E-state index contributed by atoms with van der Waals surface area (Å²) >= 11 is 1.71. The van der Waals surface area contributed by atoms with Crippen LogP contribution in [0.2, 0.25) is 0 Å². The van der Waals surface area contributed by atoms with Crippen LogP contribution in [-0.2, 0) is 24.3 Å². The number of hydrogen-bond acceptors (Lipinski definition) is 6. The molecule has 0 saturated carbocycles. The van der Waals surface area contributed by atoms with Crippen molar-refractivity contribution in [3.8, 4) is 0 Å². The molecule has 3 aromatic rings. The second-order valence-corrected chi connectivity index (χ2v) is 8.52. The molecule has 2 N–H and O–H groups in total. The van der Waals surface area contributed by atoms with Gasteiger partial charge in [-0.15, -0.1) is 16.4 Å². The van der Waals surface area contributed by atoms with Crippen molar-refractivity contribution in [2.45, 2.75) is 45.9 Å². The summed E-state index contributed by atoms with van der Waals surface area (Å²) in [6.07, 6.45) is 0.862. The van der Waals surface area contributed by atoms with Gasteiger partial charge in [-0.1, -0.05) is 0 Å². The third kappa shape index (κ3) is 2.93. The van der Waals surface area contributed by atoms with Gasteiger partial charge in [0.05, 0.1) is 31.2 Å². The largest absolute Gasteiger partial charge is 0.391 e. The number of nitrogens with one attached hydrogen (secondary N) is 1. The van der Waals surface area contributed by atoms with Crippen molar-refractivity contribution < 1.29 is 14.7 Å². The summed E-state index contributed by atoms with van der Waals surface area (Å²) in [7, 11) is 2.04. The number of thiophene rings is 1. The van der Waals surface area contributed by atoms with Gasteiger partial charge in [0.15, 0.2) is 5.65 Å². The molecule has 0 spiro atoms. The van der Waals surface area contributed by atoms with Gasteiger partial charge in [0.1, 0.15) is 23.7 Å². The van der Waals surface area contributed by atoms with Gasteiger partial charge < -0.3 is 14.7 Å². The molecule has 0 aliphatic carbocycles. The maximum absolute atomic E-state index is 9.11. The average molecular weight is 362 g/mol. The molecular formula is C17H24N5O2S+. The van der Waals surface area contributed by atoms with Crippen LogP contribution >= 0.6 is 11.3 Å². The van der Waals surface area contributed by atoms with Gasteiger partial charge in [0.25, 0.3) is 0 Å². The lowest BCUT2D eigenvalue weighted by atomic mass is 9.94. The van der Waals surface area contributed by atoms with Crippen LogP contribution in [0.1, 0.15) is 35.9 Å². The van der Waals surface area contributed by atoms with Gasteiger partial charge in [-0.3, -0.25) is 0 Å². The van der Waals surface area contributed by atoms with E-state index in [1.807, 2.05) is 18.5 Å². The number of aliphatic hydroxyl groups is 1. The number of hydrogen-bond donors (Lipinski definition) is 2. The number of aryl methyl sites for hydroxylation is 1. The fourth-order valence-electron chi connectivity index (χ4n) is 3.41. The smallest absolute Gasteiger partial charge is 0.206 e. The Labute approximate surface area is 150 Å². The minimum Gasteiger partial charge on any atom is -0.391 e. The first kappa shape index (κ1) is 16.8. The Morgan fingerprint density at radius 3 is 2.92 bits per heavy atom. The zero-order valence-corrected chi connectivity index (χ0v) is 15.9. The lowest BCUT2D eigenvalue weighted by Gasteiger charge is -2.30. The number of likely N-dealkylation sites (N-methyl/N-ethyl adjacent to an activating group) is 1. The molecule has 3 aromatic heterocycles. The molecule has 0 radical (unpaired) electrons. The molecule has 1 aliphatic heterocycles. The van der Waals surface area contributed by atoms with Gasteiger partial charge in [-0.25, -0.2) is 9.97 Å². The zero-order chi connectivity index (χ0) is 17.8. The molecule has 0 amide bonds. The Hall–Kier alpha value is -1.61. The first-order valence-corrected chi connectivity index (χ1v) is 9.42. The van der Waals surface area contributed by atoms with Crippen LogP contribution in [0.15, 0.2) is 0 Å². The van der Waals surface area contributed by atoms with Gasteiger partial charge in [0, 0.05) is 11.3 Å². The van der Waals surface area contributed by atoms with E-state index in [4.69, 9.17) is 19.8 Å². The van der Waals surface area contributed by atoms with Crippen LogP contribution in [0.25, 0.3) is 15.9 Å². The van der Waals surface area contributed by atoms with E-state index in [2.05, 4.69) is 18.9 Å². The van der Waals surface area contributed by atoms with Crippen molar-refractivity contribution in [2.75, 3.05) is 20.2 Å². The minimum absolute atomic E-state index is 0.164. The number of quaternary nitrogens is 1. The standard InChI is InChI=1S/C17H23N5O2S/c1-10-18-16-14(11-7-17(2,3)24-9-12(11)25-16)15-19-13(20-22(10)15)8-21(4)5-6-23/h23H,5-9H2,1-4H3/p+1. The number of nitrogens with zero attached hydrogens (tertiary/aromatic N) is 4. The van der Waals surface area contributed by atoms with E-state index >= 15 is 0 Å². The average Bonchev–Trinajstić information content (AvgIpc) is 3.07. The fourth-order valence-corrected chi connectivity index (χ4v) is 4.55. The molecule has 4 rings (SSSR count). The summed E-state index contributed by atoms with van der Waals surface area (Å²) in [5.74, 6) is 1.63. The van der Waals surface area contributed by atoms with Crippen LogP contribution in [-0.4, -0.2) is 50.5 Å². The summed E-state index contributed by atoms with van der Waals surface area (Å²) in [5.41, 5.74) is 2.03. The zero-order valence-electron chi connectivity index (χ0n) is 15.1. The van der Waals surface area contributed by atoms with E-state index < -0.39 is 0 Å². The summed E-state index contributed by atoms with van der Waals surface area (Å²) < 4.78 is 7.82. The van der Waals surface area contributed by atoms with Crippen molar-refractivity contribution >= 4 is 27.2 Å². The SMILES string of the molecule is Cc1nc2sc3c(c2c2nc(C[NH+](C)CCO)nn12)CC(C)(C)OC3. The Kier molecular flexibility index (Phi) is 4.03. The van der Waals surface area contributed by atoms with Crippen LogP contribution < -0.4 is 4.90 Å². The van der Waals surface area contributed by atoms with Gasteiger partial charge in [-0.05, 0) is 26.3 Å². The van der Waals surface area contributed by atoms with Crippen molar-refractivity contribution in [1.29, 1.82) is 0 Å². The Balaban J connectivity index is 1.87. The Bertz CT molecular complexity index is 946. The van der Waals surface area contributed by atoms with Crippen LogP contribution in [0.4, 0.5) is 0 Å². The number of fused-ring (bicyclic) bond motifs is 5. The highest BCUT2D eigenvalue weighted by molar-refractivity contribution is 7.19. The topological polar surface area (TPSA) is 77.0 Å². The number of aromatic nitrogens is 4. The van der Waals surface area contributed by atoms with Crippen LogP contribution in [0.3, 0.4) is 0 Å². The number of rotatable bonds is 4. The lowest BCUT2D eigenvalue weighted by Crippen LogP contribution is -3.08. The summed E-state index contributed by atoms with van der Waals surface area (Å²) in [5, 5.41) is 14.9. The molecule has 0 bridgehead atoms. The van der Waals surface area contributed by atoms with E-state index in [9.17, 15) is 0 Å². The maximum Gasteiger partial charge on any atom is 0.206 e. The number of ether oxygens (including phenoxy) is 1. The van der Waals surface area contributed by atoms with Crippen molar-refractivity contribution in [3.63, 3.8) is 0 Å². The van der Waals surface area contributed by atoms with E-state index in [0.29, 0.717) is 19.7 Å². The number of aliphatic hydroxyl groups excluding tert-OH is 1. The van der Waals surface area contributed by atoms with Gasteiger partial charge in [-0.2, -0.15) is 4.52 Å². The molecule has 4 heterocycles. The van der Waals surface area contributed by atoms with E-state index in [0.717, 1.165) is 33.9 Å². The fraction of sp³-hybridized carbons (Fsp3) is 0.588. The third-order valence-electron chi connectivity index (χ3n) is 4.71. The van der Waals surface area contributed by atoms with Crippen molar-refractivity contribution in [2.24, 2.45) is 0 Å². The quantitative estimate of drug-likeness (QED) is 0.707. The third-order valence-corrected chi connectivity index (χ3v) is 5.81. The van der Waals surface area contributed by atoms with E-state index in [1.165, 1.54) is 15.3 Å². The van der Waals surface area contributed by atoms with Gasteiger partial charge in [0.2, 0.25) is 5.82 Å². The Morgan fingerprint density at radius 2 is 2.16 bits per heavy atom. The molecule has 0 aromatic carbocycles. The van der Waals surface area contributed by atoms with Crippen molar-refractivity contribution in [1.82, 2.24) is 19.6 Å². The molecule has 0 fully saturated rings. The molecular weight excluding hydrogens is 338 g/mol. The second-order valence-electron chi connectivity index (χ2n) is 7.44. The summed E-state index contributed by atoms with van der Waals surface area (Å²) in [6.45, 7) is 8.39. The molecule has 1 aliphatic rings. The van der Waals surface area contributed by atoms with Crippen molar-refractivity contribution in [3.05, 3.63) is 22.1 Å². The second kappa shape index (κ2) is 5.98. The predicted molar refractivity (Wildman–Crippen MR) is 96.0 cm³/mol.